The predicted octanol–water partition coefficient (Wildman–Crippen LogP) is 3.60. The summed E-state index contributed by atoms with van der Waals surface area (Å²) in [5, 5.41) is 4.35. The highest BCUT2D eigenvalue weighted by atomic mass is 35.5. The van der Waals surface area contributed by atoms with Gasteiger partial charge in [0, 0.05) is 25.0 Å². The van der Waals surface area contributed by atoms with Gasteiger partial charge in [0.15, 0.2) is 0 Å². The molecular weight excluding hydrogens is 307 g/mol. The predicted molar refractivity (Wildman–Crippen MR) is 86.1 cm³/mol. The highest BCUT2D eigenvalue weighted by Crippen LogP contribution is 2.37. The van der Waals surface area contributed by atoms with Gasteiger partial charge in [-0.2, -0.15) is 0 Å². The Labute approximate surface area is 135 Å². The lowest BCUT2D eigenvalue weighted by Crippen LogP contribution is -2.52. The van der Waals surface area contributed by atoms with Crippen LogP contribution in [0.1, 0.15) is 36.0 Å². The van der Waals surface area contributed by atoms with Crippen LogP contribution in [0.5, 0.6) is 0 Å². The highest BCUT2D eigenvalue weighted by Gasteiger charge is 2.38. The second kappa shape index (κ2) is 6.15. The Bertz CT molecular complexity index is 515. The molecule has 21 heavy (non-hydrogen) atoms. The average molecular weight is 327 g/mol. The van der Waals surface area contributed by atoms with Gasteiger partial charge in [-0.3, -0.25) is 4.79 Å². The molecule has 2 aliphatic heterocycles. The molecule has 0 bridgehead atoms. The topological polar surface area (TPSA) is 32.3 Å². The normalized spacial score (nSPS) is 26.1. The molecule has 2 fully saturated rings. The van der Waals surface area contributed by atoms with Crippen LogP contribution in [0.15, 0.2) is 18.2 Å². The summed E-state index contributed by atoms with van der Waals surface area (Å²) < 4.78 is 0. The maximum Gasteiger partial charge on any atom is 0.256 e. The van der Waals surface area contributed by atoms with E-state index in [1.54, 1.807) is 18.2 Å². The number of carbonyl (C=O) groups is 1. The fourth-order valence-electron chi connectivity index (χ4n) is 3.62. The van der Waals surface area contributed by atoms with E-state index in [4.69, 9.17) is 23.2 Å². The van der Waals surface area contributed by atoms with Gasteiger partial charge in [0.1, 0.15) is 0 Å². The number of carbonyl (C=O) groups excluding carboxylic acids is 1. The van der Waals surface area contributed by atoms with Gasteiger partial charge in [0.05, 0.1) is 15.6 Å². The zero-order valence-electron chi connectivity index (χ0n) is 12.0. The molecule has 2 heterocycles. The van der Waals surface area contributed by atoms with Gasteiger partial charge in [0.25, 0.3) is 5.91 Å². The Balaban J connectivity index is 1.81. The van der Waals surface area contributed by atoms with Crippen LogP contribution in [-0.2, 0) is 0 Å². The molecule has 0 saturated carbocycles. The zero-order chi connectivity index (χ0) is 14.9. The SMILES string of the molecule is O=C(c1c(Cl)cccc1Cl)N1CCCC2(CCCNC2)C1. The largest absolute Gasteiger partial charge is 0.338 e. The Hall–Kier alpha value is -0.770. The first-order valence-electron chi connectivity index (χ1n) is 7.55. The smallest absolute Gasteiger partial charge is 0.256 e. The third-order valence-corrected chi connectivity index (χ3v) is 5.32. The van der Waals surface area contributed by atoms with Gasteiger partial charge in [-0.05, 0) is 44.4 Å². The Kier molecular flexibility index (Phi) is 4.43. The number of likely N-dealkylation sites (tertiary alicyclic amines) is 1. The second-order valence-corrected chi connectivity index (χ2v) is 7.02. The summed E-state index contributed by atoms with van der Waals surface area (Å²) in [5.41, 5.74) is 0.682. The molecule has 0 aliphatic carbocycles. The van der Waals surface area contributed by atoms with E-state index in [0.717, 1.165) is 32.6 Å². The first-order chi connectivity index (χ1) is 10.1. The maximum absolute atomic E-state index is 12.8. The highest BCUT2D eigenvalue weighted by molar-refractivity contribution is 6.39. The molecule has 1 N–H and O–H groups in total. The molecule has 1 aromatic rings. The van der Waals surface area contributed by atoms with Crippen molar-refractivity contribution in [3.05, 3.63) is 33.8 Å². The molecule has 1 aromatic carbocycles. The number of halogens is 2. The first-order valence-corrected chi connectivity index (χ1v) is 8.31. The molecule has 1 spiro atoms. The number of hydrogen-bond acceptors (Lipinski definition) is 2. The Morgan fingerprint density at radius 3 is 2.57 bits per heavy atom. The van der Waals surface area contributed by atoms with Crippen molar-refractivity contribution in [1.82, 2.24) is 10.2 Å². The number of nitrogens with zero attached hydrogens (tertiary/aromatic N) is 1. The van der Waals surface area contributed by atoms with E-state index >= 15 is 0 Å². The summed E-state index contributed by atoms with van der Waals surface area (Å²) in [6.07, 6.45) is 4.63. The lowest BCUT2D eigenvalue weighted by Gasteiger charge is -2.45. The molecule has 3 nitrogen and oxygen atoms in total. The molecule has 1 atom stereocenters. The van der Waals surface area contributed by atoms with Gasteiger partial charge in [-0.15, -0.1) is 0 Å². The quantitative estimate of drug-likeness (QED) is 0.855. The van der Waals surface area contributed by atoms with Crippen molar-refractivity contribution in [2.45, 2.75) is 25.7 Å². The number of rotatable bonds is 1. The molecular formula is C16H20Cl2N2O. The van der Waals surface area contributed by atoms with Crippen LogP contribution in [0.25, 0.3) is 0 Å². The van der Waals surface area contributed by atoms with E-state index in [0.29, 0.717) is 15.6 Å². The van der Waals surface area contributed by atoms with Crippen molar-refractivity contribution in [3.8, 4) is 0 Å². The maximum atomic E-state index is 12.8. The van der Waals surface area contributed by atoms with Crippen molar-refractivity contribution in [1.29, 1.82) is 0 Å². The van der Waals surface area contributed by atoms with E-state index in [2.05, 4.69) is 5.32 Å². The van der Waals surface area contributed by atoms with Crippen molar-refractivity contribution in [2.24, 2.45) is 5.41 Å². The summed E-state index contributed by atoms with van der Waals surface area (Å²) in [6, 6.07) is 5.22. The van der Waals surface area contributed by atoms with Gasteiger partial charge < -0.3 is 10.2 Å². The van der Waals surface area contributed by atoms with Crippen LogP contribution in [0.3, 0.4) is 0 Å². The third-order valence-electron chi connectivity index (χ3n) is 4.69. The molecule has 0 radical (unpaired) electrons. The van der Waals surface area contributed by atoms with E-state index in [-0.39, 0.29) is 11.3 Å². The van der Waals surface area contributed by atoms with Crippen LogP contribution in [-0.4, -0.2) is 37.0 Å². The standard InChI is InChI=1S/C16H20Cl2N2O/c17-12-4-1-5-13(18)14(12)15(21)20-9-3-7-16(11-20)6-2-8-19-10-16/h1,4-5,19H,2-3,6-11H2. The van der Waals surface area contributed by atoms with Crippen LogP contribution < -0.4 is 5.32 Å². The lowest BCUT2D eigenvalue weighted by atomic mass is 9.74. The van der Waals surface area contributed by atoms with Crippen LogP contribution >= 0.6 is 23.2 Å². The van der Waals surface area contributed by atoms with Crippen molar-refractivity contribution in [2.75, 3.05) is 26.2 Å². The summed E-state index contributed by atoms with van der Waals surface area (Å²) in [4.78, 5) is 14.7. The average Bonchev–Trinajstić information content (AvgIpc) is 2.48. The summed E-state index contributed by atoms with van der Waals surface area (Å²) in [5.74, 6) is -0.0322. The van der Waals surface area contributed by atoms with Crippen LogP contribution in [0.2, 0.25) is 10.0 Å². The molecule has 2 saturated heterocycles. The minimum atomic E-state index is -0.0322. The monoisotopic (exact) mass is 326 g/mol. The van der Waals surface area contributed by atoms with Crippen LogP contribution in [0, 0.1) is 5.41 Å². The van der Waals surface area contributed by atoms with E-state index < -0.39 is 0 Å². The number of benzene rings is 1. The molecule has 0 aromatic heterocycles. The molecule has 1 amide bonds. The summed E-state index contributed by atoms with van der Waals surface area (Å²) >= 11 is 12.4. The van der Waals surface area contributed by atoms with E-state index in [1.165, 1.54) is 19.3 Å². The van der Waals surface area contributed by atoms with Gasteiger partial charge in [-0.1, -0.05) is 29.3 Å². The first kappa shape index (κ1) is 15.1. The van der Waals surface area contributed by atoms with Crippen molar-refractivity contribution >= 4 is 29.1 Å². The minimum Gasteiger partial charge on any atom is -0.338 e. The number of hydrogen-bond donors (Lipinski definition) is 1. The lowest BCUT2D eigenvalue weighted by molar-refractivity contribution is 0.0434. The van der Waals surface area contributed by atoms with Gasteiger partial charge in [-0.25, -0.2) is 0 Å². The summed E-state index contributed by atoms with van der Waals surface area (Å²) in [7, 11) is 0. The zero-order valence-corrected chi connectivity index (χ0v) is 13.5. The second-order valence-electron chi connectivity index (χ2n) is 6.21. The Morgan fingerprint density at radius 1 is 1.19 bits per heavy atom. The number of nitrogens with one attached hydrogen (secondary N) is 1. The molecule has 2 aliphatic rings. The fraction of sp³-hybridized carbons (Fsp3) is 0.562. The molecule has 1 unspecified atom stereocenters. The third kappa shape index (κ3) is 3.05. The Morgan fingerprint density at radius 2 is 1.90 bits per heavy atom. The van der Waals surface area contributed by atoms with E-state index in [9.17, 15) is 4.79 Å². The number of amides is 1. The van der Waals surface area contributed by atoms with Crippen molar-refractivity contribution < 1.29 is 4.79 Å². The number of piperidine rings is 2. The fourth-order valence-corrected chi connectivity index (χ4v) is 4.18. The van der Waals surface area contributed by atoms with Gasteiger partial charge >= 0.3 is 0 Å². The van der Waals surface area contributed by atoms with Gasteiger partial charge in [0.2, 0.25) is 0 Å². The minimum absolute atomic E-state index is 0.0322. The molecule has 3 rings (SSSR count). The van der Waals surface area contributed by atoms with E-state index in [1.807, 2.05) is 4.90 Å². The molecule has 5 heteroatoms. The summed E-state index contributed by atoms with van der Waals surface area (Å²) in [6.45, 7) is 3.70. The molecule has 114 valence electrons. The van der Waals surface area contributed by atoms with Crippen LogP contribution in [0.4, 0.5) is 0 Å². The van der Waals surface area contributed by atoms with Crippen molar-refractivity contribution in [3.63, 3.8) is 0 Å².